The Balaban J connectivity index is 1.59. The molecular formula is C24H30BrN3O4S. The second-order valence-electron chi connectivity index (χ2n) is 8.38. The third-order valence-electron chi connectivity index (χ3n) is 5.88. The number of nitrogens with zero attached hydrogens (tertiary/aromatic N) is 1. The van der Waals surface area contributed by atoms with E-state index in [1.165, 1.54) is 4.31 Å². The van der Waals surface area contributed by atoms with Crippen molar-refractivity contribution in [3.05, 3.63) is 64.1 Å². The van der Waals surface area contributed by atoms with Crippen molar-refractivity contribution in [1.29, 1.82) is 0 Å². The topological polar surface area (TPSA) is 95.6 Å². The summed E-state index contributed by atoms with van der Waals surface area (Å²) in [4.78, 5) is 25.5. The van der Waals surface area contributed by atoms with Gasteiger partial charge in [-0.3, -0.25) is 9.59 Å². The Labute approximate surface area is 204 Å². The molecule has 1 aliphatic heterocycles. The van der Waals surface area contributed by atoms with E-state index in [0.29, 0.717) is 37.2 Å². The number of anilines is 1. The van der Waals surface area contributed by atoms with Crippen molar-refractivity contribution in [2.45, 2.75) is 44.9 Å². The van der Waals surface area contributed by atoms with Gasteiger partial charge in [0.25, 0.3) is 5.91 Å². The van der Waals surface area contributed by atoms with Gasteiger partial charge in [0.15, 0.2) is 0 Å². The first-order valence-corrected chi connectivity index (χ1v) is 13.5. The molecule has 9 heteroatoms. The fourth-order valence-corrected chi connectivity index (χ4v) is 5.75. The number of amides is 2. The molecule has 1 atom stereocenters. The number of sulfonamides is 1. The molecule has 1 saturated heterocycles. The summed E-state index contributed by atoms with van der Waals surface area (Å²) < 4.78 is 28.0. The van der Waals surface area contributed by atoms with Crippen molar-refractivity contribution in [3.8, 4) is 0 Å². The van der Waals surface area contributed by atoms with Crippen molar-refractivity contribution >= 4 is 43.5 Å². The SMILES string of the molecule is CC[C@H](C)NC(=O)c1ccccc1NC(=O)C1CCN(S(=O)(=O)Cc2cccc(Br)c2)CC1. The maximum atomic E-state index is 12.9. The molecule has 0 aliphatic carbocycles. The summed E-state index contributed by atoms with van der Waals surface area (Å²) in [7, 11) is -3.47. The zero-order valence-corrected chi connectivity index (χ0v) is 21.3. The number of nitrogens with one attached hydrogen (secondary N) is 2. The third-order valence-corrected chi connectivity index (χ3v) is 8.22. The van der Waals surface area contributed by atoms with Gasteiger partial charge < -0.3 is 10.6 Å². The normalized spacial score (nSPS) is 16.2. The highest BCUT2D eigenvalue weighted by Crippen LogP contribution is 2.25. The van der Waals surface area contributed by atoms with Crippen LogP contribution in [0.5, 0.6) is 0 Å². The first-order valence-electron chi connectivity index (χ1n) is 11.1. The first-order chi connectivity index (χ1) is 15.7. The molecule has 0 bridgehead atoms. The summed E-state index contributed by atoms with van der Waals surface area (Å²) in [6.45, 7) is 4.51. The number of benzene rings is 2. The van der Waals surface area contributed by atoms with Crippen LogP contribution in [-0.2, 0) is 20.6 Å². The molecule has 2 aromatic rings. The van der Waals surface area contributed by atoms with Crippen LogP contribution in [0.4, 0.5) is 5.69 Å². The van der Waals surface area contributed by atoms with E-state index in [-0.39, 0.29) is 29.5 Å². The minimum Gasteiger partial charge on any atom is -0.350 e. The number of para-hydroxylation sites is 1. The number of rotatable bonds is 8. The van der Waals surface area contributed by atoms with Crippen molar-refractivity contribution in [2.24, 2.45) is 5.92 Å². The van der Waals surface area contributed by atoms with E-state index in [0.717, 1.165) is 16.5 Å². The molecule has 3 rings (SSSR count). The van der Waals surface area contributed by atoms with Crippen molar-refractivity contribution < 1.29 is 18.0 Å². The monoisotopic (exact) mass is 535 g/mol. The van der Waals surface area contributed by atoms with E-state index in [1.807, 2.05) is 26.0 Å². The zero-order chi connectivity index (χ0) is 24.0. The highest BCUT2D eigenvalue weighted by Gasteiger charge is 2.31. The lowest BCUT2D eigenvalue weighted by atomic mass is 9.97. The van der Waals surface area contributed by atoms with Gasteiger partial charge in [0, 0.05) is 29.5 Å². The molecule has 178 valence electrons. The number of carbonyl (C=O) groups excluding carboxylic acids is 2. The zero-order valence-electron chi connectivity index (χ0n) is 18.9. The predicted molar refractivity (Wildman–Crippen MR) is 133 cm³/mol. The van der Waals surface area contributed by atoms with Gasteiger partial charge in [-0.05, 0) is 56.0 Å². The van der Waals surface area contributed by atoms with Crippen LogP contribution in [-0.4, -0.2) is 43.7 Å². The number of carbonyl (C=O) groups is 2. The maximum absolute atomic E-state index is 12.9. The smallest absolute Gasteiger partial charge is 0.253 e. The Bertz CT molecular complexity index is 1100. The molecule has 2 amide bonds. The highest BCUT2D eigenvalue weighted by atomic mass is 79.9. The Kier molecular flexibility index (Phi) is 8.67. The van der Waals surface area contributed by atoms with Gasteiger partial charge in [0.2, 0.25) is 15.9 Å². The standard InChI is InChI=1S/C24H30BrN3O4S/c1-3-17(2)26-24(30)21-9-4-5-10-22(21)27-23(29)19-11-13-28(14-12-19)33(31,32)16-18-7-6-8-20(25)15-18/h4-10,15,17,19H,3,11-14,16H2,1-2H3,(H,26,30)(H,27,29)/t17-/m0/s1. The summed E-state index contributed by atoms with van der Waals surface area (Å²) in [5.41, 5.74) is 1.60. The van der Waals surface area contributed by atoms with Gasteiger partial charge in [-0.25, -0.2) is 12.7 Å². The van der Waals surface area contributed by atoms with Gasteiger partial charge in [-0.2, -0.15) is 0 Å². The van der Waals surface area contributed by atoms with Crippen LogP contribution >= 0.6 is 15.9 Å². The Morgan fingerprint density at radius 2 is 1.82 bits per heavy atom. The summed E-state index contributed by atoms with van der Waals surface area (Å²) in [6.07, 6.45) is 1.68. The highest BCUT2D eigenvalue weighted by molar-refractivity contribution is 9.10. The fraction of sp³-hybridized carbons (Fsp3) is 0.417. The van der Waals surface area contributed by atoms with E-state index < -0.39 is 10.0 Å². The van der Waals surface area contributed by atoms with E-state index in [2.05, 4.69) is 26.6 Å². The van der Waals surface area contributed by atoms with E-state index in [1.54, 1.807) is 36.4 Å². The van der Waals surface area contributed by atoms with Crippen LogP contribution in [0.2, 0.25) is 0 Å². The fourth-order valence-electron chi connectivity index (χ4n) is 3.75. The number of halogens is 1. The van der Waals surface area contributed by atoms with Gasteiger partial charge in [0.05, 0.1) is 17.0 Å². The van der Waals surface area contributed by atoms with Crippen LogP contribution in [0, 0.1) is 5.92 Å². The minimum atomic E-state index is -3.47. The molecular weight excluding hydrogens is 506 g/mol. The average Bonchev–Trinajstić information content (AvgIpc) is 2.79. The summed E-state index contributed by atoms with van der Waals surface area (Å²) in [6, 6.07) is 14.2. The number of piperidine rings is 1. The Morgan fingerprint density at radius 1 is 1.12 bits per heavy atom. The molecule has 2 aromatic carbocycles. The second kappa shape index (κ2) is 11.3. The number of hydrogen-bond acceptors (Lipinski definition) is 4. The Hall–Kier alpha value is -2.23. The molecule has 0 aromatic heterocycles. The largest absolute Gasteiger partial charge is 0.350 e. The minimum absolute atomic E-state index is 0.0320. The van der Waals surface area contributed by atoms with E-state index in [4.69, 9.17) is 0 Å². The van der Waals surface area contributed by atoms with E-state index in [9.17, 15) is 18.0 Å². The Morgan fingerprint density at radius 3 is 2.48 bits per heavy atom. The van der Waals surface area contributed by atoms with Crippen LogP contribution in [0.1, 0.15) is 49.0 Å². The quantitative estimate of drug-likeness (QED) is 0.530. The molecule has 0 spiro atoms. The third kappa shape index (κ3) is 6.88. The molecule has 0 saturated carbocycles. The lowest BCUT2D eigenvalue weighted by Crippen LogP contribution is -2.42. The number of hydrogen-bond donors (Lipinski definition) is 2. The maximum Gasteiger partial charge on any atom is 0.253 e. The summed E-state index contributed by atoms with van der Waals surface area (Å²) >= 11 is 3.37. The van der Waals surface area contributed by atoms with Crippen LogP contribution in [0.15, 0.2) is 53.0 Å². The van der Waals surface area contributed by atoms with Gasteiger partial charge in [-0.1, -0.05) is 47.1 Å². The van der Waals surface area contributed by atoms with Crippen LogP contribution < -0.4 is 10.6 Å². The lowest BCUT2D eigenvalue weighted by molar-refractivity contribution is -0.120. The molecule has 1 fully saturated rings. The van der Waals surface area contributed by atoms with E-state index >= 15 is 0 Å². The second-order valence-corrected chi connectivity index (χ2v) is 11.3. The lowest BCUT2D eigenvalue weighted by Gasteiger charge is -2.30. The van der Waals surface area contributed by atoms with Crippen LogP contribution in [0.3, 0.4) is 0 Å². The molecule has 0 radical (unpaired) electrons. The molecule has 7 nitrogen and oxygen atoms in total. The van der Waals surface area contributed by atoms with Crippen molar-refractivity contribution in [3.63, 3.8) is 0 Å². The first kappa shape index (κ1) is 25.4. The molecule has 0 unspecified atom stereocenters. The van der Waals surface area contributed by atoms with Gasteiger partial charge in [0.1, 0.15) is 0 Å². The summed E-state index contributed by atoms with van der Waals surface area (Å²) in [5.74, 6) is -0.799. The summed E-state index contributed by atoms with van der Waals surface area (Å²) in [5, 5.41) is 5.80. The van der Waals surface area contributed by atoms with Gasteiger partial charge in [-0.15, -0.1) is 0 Å². The van der Waals surface area contributed by atoms with Crippen molar-refractivity contribution in [1.82, 2.24) is 9.62 Å². The predicted octanol–water partition coefficient (Wildman–Crippen LogP) is 4.16. The molecule has 1 aliphatic rings. The average molecular weight is 536 g/mol. The van der Waals surface area contributed by atoms with Gasteiger partial charge >= 0.3 is 0 Å². The molecule has 2 N–H and O–H groups in total. The molecule has 33 heavy (non-hydrogen) atoms. The molecule has 1 heterocycles. The van der Waals surface area contributed by atoms with Crippen LogP contribution in [0.25, 0.3) is 0 Å². The van der Waals surface area contributed by atoms with Crippen molar-refractivity contribution in [2.75, 3.05) is 18.4 Å².